The number of rotatable bonds is 6. The molecule has 3 atom stereocenters. The number of furan rings is 1. The molecule has 9 nitrogen and oxygen atoms in total. The van der Waals surface area contributed by atoms with Crippen molar-refractivity contribution in [2.45, 2.75) is 45.1 Å². The molecule has 2 aromatic rings. The van der Waals surface area contributed by atoms with E-state index in [9.17, 15) is 18.7 Å². The van der Waals surface area contributed by atoms with E-state index >= 15 is 0 Å². The quantitative estimate of drug-likeness (QED) is 0.351. The number of hydrogen-bond donors (Lipinski definition) is 4. The first kappa shape index (κ1) is 27.2. The van der Waals surface area contributed by atoms with Gasteiger partial charge in [-0.3, -0.25) is 23.0 Å². The Bertz CT molecular complexity index is 1250. The fraction of sp³-hybridized carbons (Fsp3) is 0.556. The van der Waals surface area contributed by atoms with Crippen molar-refractivity contribution in [2.24, 2.45) is 34.8 Å². The fourth-order valence-corrected chi connectivity index (χ4v) is 10.4. The van der Waals surface area contributed by atoms with Gasteiger partial charge in [0.1, 0.15) is 5.76 Å². The number of nitrogens with one attached hydrogen (secondary N) is 1. The van der Waals surface area contributed by atoms with Gasteiger partial charge in [-0.1, -0.05) is 30.1 Å². The number of carbonyl (C=O) groups excluding carboxylic acids is 2. The summed E-state index contributed by atoms with van der Waals surface area (Å²) in [4.78, 5) is 25.6. The molecule has 4 aliphatic carbocycles. The minimum absolute atomic E-state index is 0.00575. The molecule has 2 amide bonds. The molecule has 0 spiro atoms. The van der Waals surface area contributed by atoms with Crippen LogP contribution in [0.25, 0.3) is 11.3 Å². The highest BCUT2D eigenvalue weighted by atomic mass is 35.5. The second-order valence-electron chi connectivity index (χ2n) is 12.0. The summed E-state index contributed by atoms with van der Waals surface area (Å²) < 4.78 is 31.2. The van der Waals surface area contributed by atoms with Crippen LogP contribution < -0.4 is 15.4 Å². The first-order valence-electron chi connectivity index (χ1n) is 13.4. The monoisotopic (exact) mass is 596 g/mol. The Labute approximate surface area is 239 Å². The fourth-order valence-electron chi connectivity index (χ4n) is 7.74. The number of amides is 2. The van der Waals surface area contributed by atoms with Crippen LogP contribution in [0, 0.1) is 29.1 Å². The van der Waals surface area contributed by atoms with E-state index in [2.05, 4.69) is 5.32 Å². The van der Waals surface area contributed by atoms with Crippen LogP contribution in [0.4, 0.5) is 5.69 Å². The van der Waals surface area contributed by atoms with Crippen molar-refractivity contribution in [2.75, 3.05) is 23.9 Å². The van der Waals surface area contributed by atoms with Crippen LogP contribution in [0.15, 0.2) is 34.9 Å². The number of anilines is 1. The number of primary amides is 1. The van der Waals surface area contributed by atoms with E-state index in [1.165, 1.54) is 8.61 Å². The Balaban J connectivity index is 1.19. The lowest BCUT2D eigenvalue weighted by molar-refractivity contribution is -0.147. The summed E-state index contributed by atoms with van der Waals surface area (Å²) in [5.41, 5.74) is 6.36. The first-order chi connectivity index (χ1) is 18.5. The number of hydrogen-bond acceptors (Lipinski definition) is 7. The summed E-state index contributed by atoms with van der Waals surface area (Å²) in [7, 11) is -3.59. The Morgan fingerprint density at radius 2 is 1.82 bits per heavy atom. The highest BCUT2D eigenvalue weighted by molar-refractivity contribution is 8.23. The van der Waals surface area contributed by atoms with Crippen LogP contribution >= 0.6 is 34.2 Å². The van der Waals surface area contributed by atoms with Crippen molar-refractivity contribution < 1.29 is 23.1 Å². The number of benzene rings is 1. The zero-order valence-electron chi connectivity index (χ0n) is 21.7. The van der Waals surface area contributed by atoms with E-state index in [4.69, 9.17) is 33.4 Å². The third kappa shape index (κ3) is 4.73. The smallest absolute Gasteiger partial charge is 0.236 e. The summed E-state index contributed by atoms with van der Waals surface area (Å²) in [6, 6.07) is 6.88. The lowest BCUT2D eigenvalue weighted by atomic mass is 9.47. The number of halogens is 2. The Kier molecular flexibility index (Phi) is 6.88. The molecule has 1 saturated heterocycles. The van der Waals surface area contributed by atoms with Gasteiger partial charge in [0, 0.05) is 30.1 Å². The van der Waals surface area contributed by atoms with Gasteiger partial charge in [-0.05, 0) is 91.0 Å². The van der Waals surface area contributed by atoms with Crippen LogP contribution in [0.1, 0.15) is 39.0 Å². The van der Waals surface area contributed by atoms with Crippen molar-refractivity contribution in [3.8, 4) is 11.3 Å². The second-order valence-corrected chi connectivity index (χ2v) is 14.7. The Hall–Kier alpha value is -1.95. The lowest BCUT2D eigenvalue weighted by Gasteiger charge is -2.59. The van der Waals surface area contributed by atoms with E-state index in [0.29, 0.717) is 36.0 Å². The minimum atomic E-state index is -3.59. The zero-order valence-corrected chi connectivity index (χ0v) is 24.0. The summed E-state index contributed by atoms with van der Waals surface area (Å²) in [5.74, 6) is 1.04. The minimum Gasteiger partial charge on any atom is -0.464 e. The molecule has 1 aliphatic heterocycles. The lowest BCUT2D eigenvalue weighted by Crippen LogP contribution is -2.63. The van der Waals surface area contributed by atoms with E-state index in [1.807, 2.05) is 6.92 Å². The summed E-state index contributed by atoms with van der Waals surface area (Å²) in [5, 5.41) is 3.70. The van der Waals surface area contributed by atoms with Crippen LogP contribution in [0.2, 0.25) is 10.0 Å². The van der Waals surface area contributed by atoms with Crippen LogP contribution in [0.5, 0.6) is 0 Å². The van der Waals surface area contributed by atoms with Crippen molar-refractivity contribution in [1.29, 1.82) is 0 Å². The van der Waals surface area contributed by atoms with Crippen LogP contribution in [-0.2, 0) is 9.59 Å². The number of carbonyl (C=O) groups is 2. The maximum atomic E-state index is 13.3. The first-order valence-corrected chi connectivity index (χ1v) is 15.6. The number of nitrogens with two attached hydrogens (primary N) is 1. The van der Waals surface area contributed by atoms with Gasteiger partial charge in [-0.15, -0.1) is 0 Å². The molecule has 0 radical (unpaired) electrons. The van der Waals surface area contributed by atoms with E-state index in [0.717, 1.165) is 32.1 Å². The molecule has 2 heterocycles. The van der Waals surface area contributed by atoms with Gasteiger partial charge in [0.2, 0.25) is 11.8 Å². The van der Waals surface area contributed by atoms with Gasteiger partial charge >= 0.3 is 0 Å². The Morgan fingerprint density at radius 3 is 2.41 bits per heavy atom. The third-order valence-electron chi connectivity index (χ3n) is 9.15. The average Bonchev–Trinajstić information content (AvgIpc) is 3.39. The molecule has 4 bridgehead atoms. The maximum absolute atomic E-state index is 13.3. The average molecular weight is 598 g/mol. The highest BCUT2D eigenvalue weighted by Gasteiger charge is 2.58. The molecule has 1 aromatic heterocycles. The molecular formula is C27H34Cl2N4O5S. The van der Waals surface area contributed by atoms with E-state index in [-0.39, 0.29) is 52.2 Å². The van der Waals surface area contributed by atoms with Gasteiger partial charge in [0.15, 0.2) is 0 Å². The molecule has 212 valence electrons. The number of nitrogens with zero attached hydrogens (tertiary/aromatic N) is 2. The predicted molar refractivity (Wildman–Crippen MR) is 152 cm³/mol. The SMILES string of the molecule is CC1CN(CC(=O)NC2C3CC4CC2CC(C(N)=O)(C4)C3)S(O)(O)N(c2c(Cl)cc(-c3ccco3)cc2Cl)C1. The van der Waals surface area contributed by atoms with Gasteiger partial charge < -0.3 is 15.5 Å². The molecule has 3 unspecified atom stereocenters. The zero-order chi connectivity index (χ0) is 27.7. The van der Waals surface area contributed by atoms with Crippen LogP contribution in [-0.4, -0.2) is 50.9 Å². The molecule has 5 fully saturated rings. The summed E-state index contributed by atoms with van der Waals surface area (Å²) in [6.07, 6.45) is 5.84. The standard InChI is InChI=1S/C27H34Cl2N4O5S/c1-15-12-32(14-23(34)31-24-18-5-16-6-19(24)11-27(9-16,10-18)26(30)35)39(36,37)33(13-15)25-20(28)7-17(8-21(25)29)22-3-2-4-38-22/h2-4,7-8,15-16,18-19,24,36-37H,5-6,9-14H2,1H3,(H2,30,35)(H,31,34). The summed E-state index contributed by atoms with van der Waals surface area (Å²) >= 11 is 13.3. The summed E-state index contributed by atoms with van der Waals surface area (Å²) in [6.45, 7) is 2.44. The van der Waals surface area contributed by atoms with Crippen molar-refractivity contribution in [3.63, 3.8) is 0 Å². The molecule has 5 N–H and O–H groups in total. The van der Waals surface area contributed by atoms with Crippen molar-refractivity contribution in [3.05, 3.63) is 40.6 Å². The maximum Gasteiger partial charge on any atom is 0.236 e. The van der Waals surface area contributed by atoms with Crippen molar-refractivity contribution in [1.82, 2.24) is 9.62 Å². The predicted octanol–water partition coefficient (Wildman–Crippen LogP) is 5.39. The molecular weight excluding hydrogens is 563 g/mol. The molecule has 39 heavy (non-hydrogen) atoms. The largest absolute Gasteiger partial charge is 0.464 e. The topological polar surface area (TPSA) is 132 Å². The molecule has 4 saturated carbocycles. The highest BCUT2D eigenvalue weighted by Crippen LogP contribution is 2.60. The van der Waals surface area contributed by atoms with E-state index in [1.54, 1.807) is 30.5 Å². The van der Waals surface area contributed by atoms with Gasteiger partial charge in [-0.25, -0.2) is 0 Å². The van der Waals surface area contributed by atoms with Gasteiger partial charge in [0.25, 0.3) is 0 Å². The third-order valence-corrected chi connectivity index (χ3v) is 11.6. The second kappa shape index (κ2) is 9.85. The van der Waals surface area contributed by atoms with Crippen LogP contribution in [0.3, 0.4) is 0 Å². The molecule has 7 rings (SSSR count). The van der Waals surface area contributed by atoms with Gasteiger partial charge in [-0.2, -0.15) is 4.31 Å². The van der Waals surface area contributed by atoms with Gasteiger partial charge in [0.05, 0.1) is 28.5 Å². The van der Waals surface area contributed by atoms with Crippen molar-refractivity contribution >= 4 is 51.7 Å². The molecule has 12 heteroatoms. The van der Waals surface area contributed by atoms with E-state index < -0.39 is 16.4 Å². The molecule has 5 aliphatic rings. The Morgan fingerprint density at radius 1 is 1.15 bits per heavy atom. The molecule has 1 aromatic carbocycles. The normalized spacial score (nSPS) is 34.2.